The van der Waals surface area contributed by atoms with E-state index in [2.05, 4.69) is 31.3 Å². The molecule has 126 valence electrons. The molecule has 0 aromatic heterocycles. The van der Waals surface area contributed by atoms with Gasteiger partial charge in [0.2, 0.25) is 5.91 Å². The maximum Gasteiger partial charge on any atom is 0.337 e. The monoisotopic (exact) mass is 390 g/mol. The molecule has 0 saturated heterocycles. The van der Waals surface area contributed by atoms with E-state index in [9.17, 15) is 9.59 Å². The molecular weight excluding hydrogens is 372 g/mol. The first kappa shape index (κ1) is 18.0. The lowest BCUT2D eigenvalue weighted by Gasteiger charge is -2.10. The number of hydrogen-bond acceptors (Lipinski definition) is 4. The van der Waals surface area contributed by atoms with Gasteiger partial charge >= 0.3 is 5.97 Å². The van der Waals surface area contributed by atoms with E-state index in [1.54, 1.807) is 24.3 Å². The van der Waals surface area contributed by atoms with Crippen LogP contribution in [0.1, 0.15) is 22.3 Å². The van der Waals surface area contributed by atoms with E-state index in [0.717, 1.165) is 15.7 Å². The van der Waals surface area contributed by atoms with Gasteiger partial charge in [-0.25, -0.2) is 4.79 Å². The Bertz CT molecular complexity index is 730. The number of esters is 1. The van der Waals surface area contributed by atoms with E-state index < -0.39 is 5.97 Å². The highest BCUT2D eigenvalue weighted by Crippen LogP contribution is 2.20. The highest BCUT2D eigenvalue weighted by Gasteiger charge is 2.06. The summed E-state index contributed by atoms with van der Waals surface area (Å²) in [6, 6.07) is 12.5. The molecule has 0 saturated carbocycles. The highest BCUT2D eigenvalue weighted by atomic mass is 79.9. The van der Waals surface area contributed by atoms with Crippen molar-refractivity contribution in [3.05, 3.63) is 58.1 Å². The molecule has 0 aliphatic heterocycles. The van der Waals surface area contributed by atoms with E-state index in [4.69, 9.17) is 0 Å². The number of hydrogen-bond donors (Lipinski definition) is 2. The molecule has 0 radical (unpaired) electrons. The number of carbonyl (C=O) groups excluding carboxylic acids is 2. The molecule has 1 amide bonds. The van der Waals surface area contributed by atoms with Gasteiger partial charge in [-0.15, -0.1) is 0 Å². The number of nitrogens with one attached hydrogen (secondary N) is 2. The van der Waals surface area contributed by atoms with Crippen molar-refractivity contribution in [2.24, 2.45) is 0 Å². The van der Waals surface area contributed by atoms with Crippen LogP contribution in [0.25, 0.3) is 0 Å². The van der Waals surface area contributed by atoms with E-state index in [-0.39, 0.29) is 5.91 Å². The third-order valence-electron chi connectivity index (χ3n) is 3.45. The fourth-order valence-electron chi connectivity index (χ4n) is 2.17. The quantitative estimate of drug-likeness (QED) is 0.731. The standard InChI is InChI=1S/C18H19BrN2O3/c1-12-11-14(19)5-8-16(12)20-10-9-17(22)21-15-6-3-13(4-7-15)18(23)24-2/h3-8,11,20H,9-10H2,1-2H3,(H,21,22). The number of rotatable bonds is 6. The molecule has 0 unspecified atom stereocenters. The summed E-state index contributed by atoms with van der Waals surface area (Å²) in [7, 11) is 1.33. The zero-order valence-electron chi connectivity index (χ0n) is 13.6. The second-order valence-electron chi connectivity index (χ2n) is 5.25. The Morgan fingerprint density at radius 1 is 1.12 bits per heavy atom. The van der Waals surface area contributed by atoms with Crippen molar-refractivity contribution in [3.63, 3.8) is 0 Å². The number of aryl methyl sites for hydroxylation is 1. The van der Waals surface area contributed by atoms with Crippen LogP contribution in [0.5, 0.6) is 0 Å². The number of amides is 1. The number of benzene rings is 2. The summed E-state index contributed by atoms with van der Waals surface area (Å²) < 4.78 is 5.66. The van der Waals surface area contributed by atoms with E-state index in [1.807, 2.05) is 25.1 Å². The Hall–Kier alpha value is -2.34. The van der Waals surface area contributed by atoms with Crippen LogP contribution in [-0.2, 0) is 9.53 Å². The van der Waals surface area contributed by atoms with Crippen molar-refractivity contribution in [2.45, 2.75) is 13.3 Å². The summed E-state index contributed by atoms with van der Waals surface area (Å²) >= 11 is 3.42. The molecule has 0 aliphatic rings. The minimum atomic E-state index is -0.401. The van der Waals surface area contributed by atoms with Crippen LogP contribution in [0.3, 0.4) is 0 Å². The molecule has 2 N–H and O–H groups in total. The average Bonchev–Trinajstić information content (AvgIpc) is 2.57. The summed E-state index contributed by atoms with van der Waals surface area (Å²) in [4.78, 5) is 23.3. The number of carbonyl (C=O) groups is 2. The summed E-state index contributed by atoms with van der Waals surface area (Å²) in [5, 5.41) is 6.04. The molecule has 24 heavy (non-hydrogen) atoms. The summed E-state index contributed by atoms with van der Waals surface area (Å²) in [6.07, 6.45) is 0.342. The van der Waals surface area contributed by atoms with Crippen LogP contribution < -0.4 is 10.6 Å². The number of halogens is 1. The molecule has 2 aromatic carbocycles. The fourth-order valence-corrected chi connectivity index (χ4v) is 2.64. The smallest absolute Gasteiger partial charge is 0.337 e. The zero-order chi connectivity index (χ0) is 17.5. The van der Waals surface area contributed by atoms with E-state index in [1.165, 1.54) is 7.11 Å². The van der Waals surface area contributed by atoms with E-state index in [0.29, 0.717) is 24.2 Å². The van der Waals surface area contributed by atoms with Gasteiger partial charge < -0.3 is 15.4 Å². The van der Waals surface area contributed by atoms with Crippen molar-refractivity contribution >= 4 is 39.2 Å². The van der Waals surface area contributed by atoms with Crippen molar-refractivity contribution in [2.75, 3.05) is 24.3 Å². The van der Waals surface area contributed by atoms with Crippen molar-refractivity contribution in [1.82, 2.24) is 0 Å². The van der Waals surface area contributed by atoms with Gasteiger partial charge in [-0.05, 0) is 55.0 Å². The minimum Gasteiger partial charge on any atom is -0.465 e. The van der Waals surface area contributed by atoms with Crippen molar-refractivity contribution in [3.8, 4) is 0 Å². The summed E-state index contributed by atoms with van der Waals surface area (Å²) in [6.45, 7) is 2.55. The maximum absolute atomic E-state index is 12.0. The molecule has 0 spiro atoms. The maximum atomic E-state index is 12.0. The lowest BCUT2D eigenvalue weighted by molar-refractivity contribution is -0.115. The van der Waals surface area contributed by atoms with Gasteiger partial charge in [0.25, 0.3) is 0 Å². The van der Waals surface area contributed by atoms with Crippen LogP contribution in [0, 0.1) is 6.92 Å². The molecule has 0 bridgehead atoms. The largest absolute Gasteiger partial charge is 0.465 e. The Labute approximate surface area is 149 Å². The predicted molar refractivity (Wildman–Crippen MR) is 98.4 cm³/mol. The Morgan fingerprint density at radius 3 is 2.46 bits per heavy atom. The number of anilines is 2. The first-order valence-corrected chi connectivity index (χ1v) is 8.27. The molecule has 6 heteroatoms. The van der Waals surface area contributed by atoms with Gasteiger partial charge in [-0.2, -0.15) is 0 Å². The molecule has 5 nitrogen and oxygen atoms in total. The zero-order valence-corrected chi connectivity index (χ0v) is 15.1. The van der Waals surface area contributed by atoms with Gasteiger partial charge in [0.05, 0.1) is 12.7 Å². The minimum absolute atomic E-state index is 0.0944. The van der Waals surface area contributed by atoms with Crippen molar-refractivity contribution < 1.29 is 14.3 Å². The predicted octanol–water partition coefficient (Wildman–Crippen LogP) is 3.98. The summed E-state index contributed by atoms with van der Waals surface area (Å²) in [5.41, 5.74) is 3.21. The molecule has 0 fully saturated rings. The van der Waals surface area contributed by atoms with Gasteiger partial charge in [0.15, 0.2) is 0 Å². The highest BCUT2D eigenvalue weighted by molar-refractivity contribution is 9.10. The fraction of sp³-hybridized carbons (Fsp3) is 0.222. The molecule has 2 aromatic rings. The molecule has 0 aliphatic carbocycles. The molecule has 2 rings (SSSR count). The normalized spacial score (nSPS) is 10.1. The first-order chi connectivity index (χ1) is 11.5. The van der Waals surface area contributed by atoms with Gasteiger partial charge in [-0.3, -0.25) is 4.79 Å². The SMILES string of the molecule is COC(=O)c1ccc(NC(=O)CCNc2ccc(Br)cc2C)cc1. The lowest BCUT2D eigenvalue weighted by Crippen LogP contribution is -2.16. The van der Waals surface area contributed by atoms with Crippen LogP contribution in [-0.4, -0.2) is 25.5 Å². The lowest BCUT2D eigenvalue weighted by atomic mass is 10.2. The van der Waals surface area contributed by atoms with Crippen LogP contribution in [0.4, 0.5) is 11.4 Å². The topological polar surface area (TPSA) is 67.4 Å². The van der Waals surface area contributed by atoms with Crippen LogP contribution in [0.15, 0.2) is 46.9 Å². The van der Waals surface area contributed by atoms with E-state index >= 15 is 0 Å². The van der Waals surface area contributed by atoms with Gasteiger partial charge in [0, 0.05) is 28.8 Å². The second kappa shape index (κ2) is 8.49. The molecular formula is C18H19BrN2O3. The second-order valence-corrected chi connectivity index (χ2v) is 6.17. The Balaban J connectivity index is 1.81. The van der Waals surface area contributed by atoms with Gasteiger partial charge in [-0.1, -0.05) is 15.9 Å². The molecule has 0 heterocycles. The Kier molecular flexibility index (Phi) is 6.37. The first-order valence-electron chi connectivity index (χ1n) is 7.48. The summed E-state index contributed by atoms with van der Waals surface area (Å²) in [5.74, 6) is -0.495. The number of ether oxygens (including phenoxy) is 1. The average molecular weight is 391 g/mol. The number of methoxy groups -OCH3 is 1. The van der Waals surface area contributed by atoms with Crippen molar-refractivity contribution in [1.29, 1.82) is 0 Å². The Morgan fingerprint density at radius 2 is 1.83 bits per heavy atom. The third kappa shape index (κ3) is 5.09. The molecule has 0 atom stereocenters. The van der Waals surface area contributed by atoms with Gasteiger partial charge in [0.1, 0.15) is 0 Å². The van der Waals surface area contributed by atoms with Crippen LogP contribution >= 0.6 is 15.9 Å². The van der Waals surface area contributed by atoms with Crippen LogP contribution in [0.2, 0.25) is 0 Å². The third-order valence-corrected chi connectivity index (χ3v) is 3.94.